The molecule has 1 aromatic carbocycles. The van der Waals surface area contributed by atoms with Gasteiger partial charge in [-0.1, -0.05) is 0 Å². The van der Waals surface area contributed by atoms with Gasteiger partial charge in [0.05, 0.1) is 10.8 Å². The molecular formula is C15H21BrFN3O3S. The number of hydrogen-bond donors (Lipinski definition) is 2. The summed E-state index contributed by atoms with van der Waals surface area (Å²) >= 11 is 3.06. The second kappa shape index (κ2) is 8.37. The third-order valence-corrected chi connectivity index (χ3v) is 6.47. The average molecular weight is 422 g/mol. The Morgan fingerprint density at radius 1 is 1.46 bits per heavy atom. The lowest BCUT2D eigenvalue weighted by Crippen LogP contribution is -2.42. The zero-order chi connectivity index (χ0) is 17.7. The predicted molar refractivity (Wildman–Crippen MR) is 92.3 cm³/mol. The minimum atomic E-state index is -3.69. The number of amides is 1. The van der Waals surface area contributed by atoms with Crippen LogP contribution in [0, 0.1) is 11.7 Å². The van der Waals surface area contributed by atoms with E-state index in [0.29, 0.717) is 19.5 Å². The Morgan fingerprint density at radius 2 is 2.21 bits per heavy atom. The number of carbonyl (C=O) groups excluding carboxylic acids is 1. The van der Waals surface area contributed by atoms with Gasteiger partial charge < -0.3 is 10.6 Å². The summed E-state index contributed by atoms with van der Waals surface area (Å²) in [6, 6.07) is 3.45. The molecule has 1 fully saturated rings. The van der Waals surface area contributed by atoms with Gasteiger partial charge in [0.1, 0.15) is 5.82 Å². The van der Waals surface area contributed by atoms with Gasteiger partial charge in [-0.15, -0.1) is 0 Å². The predicted octanol–water partition coefficient (Wildman–Crippen LogP) is 1.45. The van der Waals surface area contributed by atoms with Crippen LogP contribution in [0.5, 0.6) is 0 Å². The van der Waals surface area contributed by atoms with E-state index in [-0.39, 0.29) is 27.7 Å². The second-order valence-electron chi connectivity index (χ2n) is 5.87. The molecule has 1 aliphatic rings. The van der Waals surface area contributed by atoms with Crippen LogP contribution in [0.1, 0.15) is 19.3 Å². The number of nitrogens with two attached hydrogens (primary N) is 1. The normalized spacial score (nSPS) is 19.3. The molecule has 1 amide bonds. The van der Waals surface area contributed by atoms with Gasteiger partial charge in [-0.05, 0) is 66.5 Å². The van der Waals surface area contributed by atoms with Crippen molar-refractivity contribution in [3.63, 3.8) is 0 Å². The first-order valence-corrected chi connectivity index (χ1v) is 10.0. The van der Waals surface area contributed by atoms with E-state index in [1.807, 2.05) is 0 Å². The van der Waals surface area contributed by atoms with Crippen LogP contribution in [0.4, 0.5) is 4.39 Å². The average Bonchev–Trinajstić information content (AvgIpc) is 2.51. The lowest BCUT2D eigenvalue weighted by atomic mass is 9.97. The molecule has 0 aromatic heterocycles. The van der Waals surface area contributed by atoms with Crippen molar-refractivity contribution in [1.29, 1.82) is 0 Å². The van der Waals surface area contributed by atoms with Crippen molar-refractivity contribution in [3.05, 3.63) is 28.5 Å². The smallest absolute Gasteiger partial charge is 0.241 e. The number of carbonyl (C=O) groups is 1. The maximum Gasteiger partial charge on any atom is 0.241 e. The molecule has 3 N–H and O–H groups in total. The van der Waals surface area contributed by atoms with Crippen LogP contribution in [0.15, 0.2) is 27.6 Å². The quantitative estimate of drug-likeness (QED) is 0.651. The zero-order valence-corrected chi connectivity index (χ0v) is 15.6. The monoisotopic (exact) mass is 421 g/mol. The van der Waals surface area contributed by atoms with Crippen molar-refractivity contribution in [2.24, 2.45) is 11.7 Å². The number of rotatable bonds is 7. The standard InChI is InChI=1S/C15H21BrFN3O3S/c16-13-9-12(17)4-5-14(13)24(22,23)19-6-2-8-20-7-1-3-11(10-20)15(18)21/h4-5,9,11,19H,1-3,6-8,10H2,(H2,18,21). The third kappa shape index (κ3) is 5.23. The summed E-state index contributed by atoms with van der Waals surface area (Å²) in [5, 5.41) is 0. The van der Waals surface area contributed by atoms with Crippen LogP contribution in [0.25, 0.3) is 0 Å². The molecule has 1 atom stereocenters. The van der Waals surface area contributed by atoms with E-state index in [0.717, 1.165) is 31.5 Å². The van der Waals surface area contributed by atoms with Crippen LogP contribution in [-0.4, -0.2) is 45.4 Å². The van der Waals surface area contributed by atoms with Crippen LogP contribution in [0.3, 0.4) is 0 Å². The molecule has 1 unspecified atom stereocenters. The van der Waals surface area contributed by atoms with E-state index >= 15 is 0 Å². The molecule has 2 rings (SSSR count). The molecule has 1 aromatic rings. The third-order valence-electron chi connectivity index (χ3n) is 4.03. The minimum absolute atomic E-state index is 0.00987. The summed E-state index contributed by atoms with van der Waals surface area (Å²) in [5.74, 6) is -0.901. The molecule has 134 valence electrons. The Kier molecular flexibility index (Phi) is 6.73. The van der Waals surface area contributed by atoms with Crippen LogP contribution < -0.4 is 10.5 Å². The molecule has 0 spiro atoms. The van der Waals surface area contributed by atoms with Crippen molar-refractivity contribution < 1.29 is 17.6 Å². The molecule has 6 nitrogen and oxygen atoms in total. The number of primary amides is 1. The van der Waals surface area contributed by atoms with Crippen molar-refractivity contribution in [2.75, 3.05) is 26.2 Å². The summed E-state index contributed by atoms with van der Waals surface area (Å²) in [7, 11) is -3.69. The maximum atomic E-state index is 13.1. The molecule has 1 aliphatic heterocycles. The molecule has 24 heavy (non-hydrogen) atoms. The van der Waals surface area contributed by atoms with Crippen LogP contribution in [-0.2, 0) is 14.8 Å². The summed E-state index contributed by atoms with van der Waals surface area (Å²) in [6.07, 6.45) is 2.35. The number of piperidine rings is 1. The van der Waals surface area contributed by atoms with Gasteiger partial charge in [-0.2, -0.15) is 0 Å². The van der Waals surface area contributed by atoms with Gasteiger partial charge in [0, 0.05) is 17.6 Å². The van der Waals surface area contributed by atoms with E-state index in [1.54, 1.807) is 0 Å². The van der Waals surface area contributed by atoms with Crippen molar-refractivity contribution in [2.45, 2.75) is 24.2 Å². The number of halogens is 2. The maximum absolute atomic E-state index is 13.1. The fraction of sp³-hybridized carbons (Fsp3) is 0.533. The second-order valence-corrected chi connectivity index (χ2v) is 8.46. The van der Waals surface area contributed by atoms with Gasteiger partial charge in [-0.25, -0.2) is 17.5 Å². The number of likely N-dealkylation sites (tertiary alicyclic amines) is 1. The fourth-order valence-corrected chi connectivity index (χ4v) is 4.89. The Labute approximate surface area is 149 Å². The highest BCUT2D eigenvalue weighted by molar-refractivity contribution is 9.10. The van der Waals surface area contributed by atoms with Gasteiger partial charge >= 0.3 is 0 Å². The first-order valence-electron chi connectivity index (χ1n) is 7.76. The summed E-state index contributed by atoms with van der Waals surface area (Å²) in [4.78, 5) is 13.4. The Bertz CT molecular complexity index is 699. The highest BCUT2D eigenvalue weighted by Gasteiger charge is 2.23. The lowest BCUT2D eigenvalue weighted by Gasteiger charge is -2.31. The van der Waals surface area contributed by atoms with Gasteiger partial charge in [0.25, 0.3) is 0 Å². The van der Waals surface area contributed by atoms with Gasteiger partial charge in [-0.3, -0.25) is 4.79 Å². The SMILES string of the molecule is NC(=O)C1CCCN(CCCNS(=O)(=O)c2ccc(F)cc2Br)C1. The topological polar surface area (TPSA) is 92.5 Å². The molecule has 0 aliphatic carbocycles. The highest BCUT2D eigenvalue weighted by atomic mass is 79.9. The molecule has 1 heterocycles. The summed E-state index contributed by atoms with van der Waals surface area (Å²) in [6.45, 7) is 2.48. The number of hydrogen-bond acceptors (Lipinski definition) is 4. The molecule has 1 saturated heterocycles. The number of nitrogens with one attached hydrogen (secondary N) is 1. The summed E-state index contributed by atoms with van der Waals surface area (Å²) < 4.78 is 40.2. The molecule has 0 bridgehead atoms. The van der Waals surface area contributed by atoms with E-state index in [1.165, 1.54) is 6.07 Å². The highest BCUT2D eigenvalue weighted by Crippen LogP contribution is 2.22. The number of sulfonamides is 1. The Balaban J connectivity index is 1.82. The molecule has 0 radical (unpaired) electrons. The zero-order valence-electron chi connectivity index (χ0n) is 13.2. The van der Waals surface area contributed by atoms with E-state index in [2.05, 4.69) is 25.6 Å². The number of nitrogens with zero attached hydrogens (tertiary/aromatic N) is 1. The van der Waals surface area contributed by atoms with Crippen molar-refractivity contribution >= 4 is 31.9 Å². The fourth-order valence-electron chi connectivity index (χ4n) is 2.77. The largest absolute Gasteiger partial charge is 0.369 e. The van der Waals surface area contributed by atoms with Gasteiger partial charge in [0.2, 0.25) is 15.9 Å². The van der Waals surface area contributed by atoms with E-state index < -0.39 is 15.8 Å². The van der Waals surface area contributed by atoms with E-state index in [4.69, 9.17) is 5.73 Å². The first-order chi connectivity index (χ1) is 11.3. The Hall–Kier alpha value is -1.03. The van der Waals surface area contributed by atoms with E-state index in [9.17, 15) is 17.6 Å². The molecule has 9 heteroatoms. The number of benzene rings is 1. The lowest BCUT2D eigenvalue weighted by molar-refractivity contribution is -0.123. The molecule has 0 saturated carbocycles. The van der Waals surface area contributed by atoms with Gasteiger partial charge in [0.15, 0.2) is 0 Å². The Morgan fingerprint density at radius 3 is 2.88 bits per heavy atom. The van der Waals surface area contributed by atoms with Crippen LogP contribution >= 0.6 is 15.9 Å². The van der Waals surface area contributed by atoms with Crippen molar-refractivity contribution in [3.8, 4) is 0 Å². The van der Waals surface area contributed by atoms with Crippen LogP contribution in [0.2, 0.25) is 0 Å². The first kappa shape index (κ1) is 19.3. The molecular weight excluding hydrogens is 401 g/mol. The minimum Gasteiger partial charge on any atom is -0.369 e. The van der Waals surface area contributed by atoms with Crippen molar-refractivity contribution in [1.82, 2.24) is 9.62 Å². The summed E-state index contributed by atoms with van der Waals surface area (Å²) in [5.41, 5.74) is 5.34.